The van der Waals surface area contributed by atoms with Crippen molar-refractivity contribution in [3.05, 3.63) is 127 Å². The first kappa shape index (κ1) is 33.1. The van der Waals surface area contributed by atoms with Crippen LogP contribution in [0.5, 0.6) is 0 Å². The summed E-state index contributed by atoms with van der Waals surface area (Å²) < 4.78 is 33.6. The van der Waals surface area contributed by atoms with E-state index in [-0.39, 0.29) is 4.90 Å². The topological polar surface area (TPSA) is 59.5 Å². The predicted octanol–water partition coefficient (Wildman–Crippen LogP) is 8.65. The maximum Gasteiger partial charge on any atom is 0.203 e. The molecule has 47 heavy (non-hydrogen) atoms. The SMILES string of the molecule is CN(CCCSc1ccccc1)c1ccc2c(-c3ccccc3S(=O)[O-])c3ccc(=[N+](C)CCCSc4ccccc4)cc-3oc2c1. The molecule has 1 heterocycles. The minimum Gasteiger partial charge on any atom is -0.768 e. The van der Waals surface area contributed by atoms with Gasteiger partial charge in [0.2, 0.25) is 5.36 Å². The molecule has 5 nitrogen and oxygen atoms in total. The quantitative estimate of drug-likeness (QED) is 0.0401. The van der Waals surface area contributed by atoms with Gasteiger partial charge in [-0.25, -0.2) is 4.58 Å². The van der Waals surface area contributed by atoms with Crippen LogP contribution in [0.15, 0.2) is 140 Å². The maximum absolute atomic E-state index is 12.3. The summed E-state index contributed by atoms with van der Waals surface area (Å²) >= 11 is 1.36. The Kier molecular flexibility index (Phi) is 11.2. The van der Waals surface area contributed by atoms with Gasteiger partial charge in [-0.3, -0.25) is 4.21 Å². The normalized spacial score (nSPS) is 12.7. The van der Waals surface area contributed by atoms with Crippen LogP contribution in [0, 0.1) is 0 Å². The van der Waals surface area contributed by atoms with Gasteiger partial charge in [-0.1, -0.05) is 54.6 Å². The molecule has 6 rings (SSSR count). The molecule has 1 aliphatic heterocycles. The Labute approximate surface area is 288 Å². The van der Waals surface area contributed by atoms with E-state index in [0.717, 1.165) is 76.3 Å². The molecule has 0 radical (unpaired) electrons. The molecule has 4 aromatic rings. The van der Waals surface area contributed by atoms with Gasteiger partial charge in [0.15, 0.2) is 0 Å². The fourth-order valence-electron chi connectivity index (χ4n) is 5.73. The van der Waals surface area contributed by atoms with Crippen molar-refractivity contribution in [1.29, 1.82) is 0 Å². The Balaban J connectivity index is 1.32. The third-order valence-electron chi connectivity index (χ3n) is 8.21. The fraction of sp³-hybridized carbons (Fsp3) is 0.205. The lowest BCUT2D eigenvalue weighted by Gasteiger charge is -2.22. The van der Waals surface area contributed by atoms with E-state index in [1.807, 2.05) is 47.8 Å². The highest BCUT2D eigenvalue weighted by molar-refractivity contribution is 7.99. The zero-order valence-corrected chi connectivity index (χ0v) is 29.1. The van der Waals surface area contributed by atoms with Crippen LogP contribution >= 0.6 is 23.5 Å². The molecule has 2 aliphatic rings. The lowest BCUT2D eigenvalue weighted by molar-refractivity contribution is 0.537. The van der Waals surface area contributed by atoms with Crippen molar-refractivity contribution in [3.63, 3.8) is 0 Å². The molecule has 1 aliphatic carbocycles. The van der Waals surface area contributed by atoms with Crippen molar-refractivity contribution >= 4 is 51.3 Å². The molecule has 0 spiro atoms. The van der Waals surface area contributed by atoms with Crippen LogP contribution in [0.1, 0.15) is 12.8 Å². The van der Waals surface area contributed by atoms with Crippen molar-refractivity contribution in [2.45, 2.75) is 27.5 Å². The number of fused-ring (bicyclic) bond motifs is 2. The highest BCUT2D eigenvalue weighted by Gasteiger charge is 2.21. The molecule has 4 aromatic carbocycles. The van der Waals surface area contributed by atoms with Crippen molar-refractivity contribution in [2.24, 2.45) is 0 Å². The number of anilines is 1. The van der Waals surface area contributed by atoms with Crippen LogP contribution in [-0.2, 0) is 11.1 Å². The minimum atomic E-state index is -2.39. The monoisotopic (exact) mass is 678 g/mol. The Hall–Kier alpha value is -3.82. The van der Waals surface area contributed by atoms with E-state index in [0.29, 0.717) is 5.56 Å². The standard InChI is InChI=1S/C39H38N2O3S3/c1-40(23-11-25-45-31-13-5-3-6-14-31)29-19-21-33-36(27-29)44-37-28-30(41(2)24-12-26-46-32-15-7-4-8-16-32)20-22-34(37)39(33)35-17-9-10-18-38(35)47(42)43/h3-10,13-22,27-28H,11-12,23-26H2,1-2H3. The number of hydrogen-bond donors (Lipinski definition) is 0. The zero-order chi connectivity index (χ0) is 32.6. The summed E-state index contributed by atoms with van der Waals surface area (Å²) in [6.07, 6.45) is 2.08. The van der Waals surface area contributed by atoms with Crippen LogP contribution < -0.4 is 14.8 Å². The van der Waals surface area contributed by atoms with E-state index in [9.17, 15) is 8.76 Å². The molecule has 8 heteroatoms. The average molecular weight is 679 g/mol. The molecule has 0 N–H and O–H groups in total. The molecule has 0 fully saturated rings. The van der Waals surface area contributed by atoms with Gasteiger partial charge in [0, 0.05) is 74.8 Å². The highest BCUT2D eigenvalue weighted by Crippen LogP contribution is 2.42. The van der Waals surface area contributed by atoms with Gasteiger partial charge in [-0.05, 0) is 77.3 Å². The van der Waals surface area contributed by atoms with Crippen LogP contribution in [0.25, 0.3) is 33.4 Å². The molecule has 0 aromatic heterocycles. The summed E-state index contributed by atoms with van der Waals surface area (Å²) in [7, 11) is 4.21. The second-order valence-corrected chi connectivity index (χ2v) is 14.7. The molecule has 0 saturated carbocycles. The fourth-order valence-corrected chi connectivity index (χ4v) is 7.98. The third kappa shape index (κ3) is 8.19. The molecule has 0 amide bonds. The Bertz CT molecular complexity index is 2010. The van der Waals surface area contributed by atoms with E-state index < -0.39 is 11.1 Å². The van der Waals surface area contributed by atoms with E-state index in [1.54, 1.807) is 12.1 Å². The van der Waals surface area contributed by atoms with E-state index in [2.05, 4.69) is 108 Å². The predicted molar refractivity (Wildman–Crippen MR) is 198 cm³/mol. The molecule has 0 saturated heterocycles. The first-order chi connectivity index (χ1) is 23.0. The second kappa shape index (κ2) is 15.8. The van der Waals surface area contributed by atoms with Crippen molar-refractivity contribution in [3.8, 4) is 22.5 Å². The Morgan fingerprint density at radius 1 is 0.766 bits per heavy atom. The van der Waals surface area contributed by atoms with Gasteiger partial charge in [0.25, 0.3) is 0 Å². The number of benzene rings is 5. The first-order valence-electron chi connectivity index (χ1n) is 15.8. The van der Waals surface area contributed by atoms with Gasteiger partial charge in [-0.2, -0.15) is 0 Å². The third-order valence-corrected chi connectivity index (χ3v) is 11.1. The van der Waals surface area contributed by atoms with Crippen LogP contribution in [0.4, 0.5) is 5.69 Å². The van der Waals surface area contributed by atoms with Crippen molar-refractivity contribution in [2.75, 3.05) is 43.6 Å². The largest absolute Gasteiger partial charge is 0.768 e. The van der Waals surface area contributed by atoms with Crippen molar-refractivity contribution < 1.29 is 13.2 Å². The van der Waals surface area contributed by atoms with Gasteiger partial charge in [-0.15, -0.1) is 23.5 Å². The maximum atomic E-state index is 12.3. The van der Waals surface area contributed by atoms with Gasteiger partial charge in [0.05, 0.1) is 6.07 Å². The van der Waals surface area contributed by atoms with Gasteiger partial charge in [0.1, 0.15) is 24.9 Å². The lowest BCUT2D eigenvalue weighted by atomic mass is 9.93. The minimum absolute atomic E-state index is 0.274. The number of rotatable bonds is 13. The van der Waals surface area contributed by atoms with E-state index >= 15 is 0 Å². The smallest absolute Gasteiger partial charge is 0.203 e. The summed E-state index contributed by atoms with van der Waals surface area (Å²) in [5, 5.41) is 1.94. The van der Waals surface area contributed by atoms with Crippen molar-refractivity contribution in [1.82, 2.24) is 4.58 Å². The second-order valence-electron chi connectivity index (χ2n) is 11.4. The first-order valence-corrected chi connectivity index (χ1v) is 18.8. The van der Waals surface area contributed by atoms with E-state index in [1.165, 1.54) is 9.79 Å². The number of thioether (sulfide) groups is 2. The molecular formula is C39H38N2O3S3. The summed E-state index contributed by atoms with van der Waals surface area (Å²) in [6, 6.07) is 40.7. The van der Waals surface area contributed by atoms with Gasteiger partial charge >= 0.3 is 0 Å². The molecule has 1 atom stereocenters. The van der Waals surface area contributed by atoms with Gasteiger partial charge < -0.3 is 13.9 Å². The number of hydrogen-bond acceptors (Lipinski definition) is 6. The molecular weight excluding hydrogens is 641 g/mol. The average Bonchev–Trinajstić information content (AvgIpc) is 3.11. The Morgan fingerprint density at radius 2 is 1.43 bits per heavy atom. The van der Waals surface area contributed by atoms with Crippen LogP contribution in [0.2, 0.25) is 0 Å². The summed E-state index contributed by atoms with van der Waals surface area (Å²) in [5.41, 5.74) is 4.20. The Morgan fingerprint density at radius 3 is 2.13 bits per heavy atom. The highest BCUT2D eigenvalue weighted by atomic mass is 32.2. The summed E-state index contributed by atoms with van der Waals surface area (Å²) in [6.45, 7) is 1.81. The van der Waals surface area contributed by atoms with Crippen LogP contribution in [-0.4, -0.2) is 47.5 Å². The number of nitrogens with zero attached hydrogens (tertiary/aromatic N) is 2. The lowest BCUT2D eigenvalue weighted by Crippen LogP contribution is -2.27. The summed E-state index contributed by atoms with van der Waals surface area (Å²) in [5.74, 6) is 2.79. The zero-order valence-electron chi connectivity index (χ0n) is 26.6. The van der Waals surface area contributed by atoms with E-state index in [4.69, 9.17) is 4.42 Å². The molecule has 240 valence electrons. The molecule has 0 bridgehead atoms. The molecule has 1 unspecified atom stereocenters. The van der Waals surface area contributed by atoms with Crippen LogP contribution in [0.3, 0.4) is 0 Å². The summed E-state index contributed by atoms with van der Waals surface area (Å²) in [4.78, 5) is 5.10.